The van der Waals surface area contributed by atoms with E-state index >= 15 is 0 Å². The Hall–Kier alpha value is -2.43. The average Bonchev–Trinajstić information content (AvgIpc) is 3.56. The van der Waals surface area contributed by atoms with Crippen molar-refractivity contribution >= 4 is 15.8 Å². The van der Waals surface area contributed by atoms with Crippen LogP contribution in [0.25, 0.3) is 0 Å². The Morgan fingerprint density at radius 1 is 1.03 bits per heavy atom. The molecule has 2 aliphatic rings. The smallest absolute Gasteiger partial charge is 0.416 e. The highest BCUT2D eigenvalue weighted by molar-refractivity contribution is 7.89. The van der Waals surface area contributed by atoms with Crippen molar-refractivity contribution in [3.63, 3.8) is 0 Å². The van der Waals surface area contributed by atoms with Crippen LogP contribution in [0, 0.1) is 11.8 Å². The van der Waals surface area contributed by atoms with Gasteiger partial charge >= 0.3 is 6.18 Å². The molecule has 2 fully saturated rings. The van der Waals surface area contributed by atoms with Gasteiger partial charge in [-0.1, -0.05) is 0 Å². The topological polar surface area (TPSA) is 75.7 Å². The summed E-state index contributed by atoms with van der Waals surface area (Å²) < 4.78 is 68.8. The number of hydrogen-bond donors (Lipinski definition) is 1. The minimum atomic E-state index is -4.51. The van der Waals surface area contributed by atoms with E-state index in [4.69, 9.17) is 4.74 Å². The largest absolute Gasteiger partial charge is 0.494 e. The maximum absolute atomic E-state index is 12.7. The van der Waals surface area contributed by atoms with E-state index in [1.165, 1.54) is 0 Å². The molecule has 0 radical (unpaired) electrons. The van der Waals surface area contributed by atoms with Gasteiger partial charge in [-0.25, -0.2) is 13.4 Å². The van der Waals surface area contributed by atoms with E-state index in [1.54, 1.807) is 17.1 Å². The van der Waals surface area contributed by atoms with Gasteiger partial charge in [-0.2, -0.15) is 13.2 Å². The molecule has 1 aliphatic carbocycles. The summed E-state index contributed by atoms with van der Waals surface area (Å²) in [5.74, 6) is 1.39. The first kappa shape index (κ1) is 24.7. The van der Waals surface area contributed by atoms with Crippen LogP contribution in [0.1, 0.15) is 48.0 Å². The average molecular weight is 497 g/mol. The molecule has 1 aliphatic heterocycles. The van der Waals surface area contributed by atoms with Gasteiger partial charge in [-0.05, 0) is 86.6 Å². The molecule has 34 heavy (non-hydrogen) atoms. The van der Waals surface area contributed by atoms with Crippen molar-refractivity contribution in [2.75, 3.05) is 19.7 Å². The van der Waals surface area contributed by atoms with Crippen molar-refractivity contribution in [3.05, 3.63) is 59.7 Å². The number of carbonyl (C=O) groups excluding carboxylic acids is 1. The molecule has 184 valence electrons. The maximum atomic E-state index is 12.7. The van der Waals surface area contributed by atoms with E-state index in [9.17, 15) is 26.4 Å². The van der Waals surface area contributed by atoms with Crippen molar-refractivity contribution in [2.45, 2.75) is 43.2 Å². The van der Waals surface area contributed by atoms with Crippen LogP contribution in [0.5, 0.6) is 5.75 Å². The number of hydrazine groups is 1. The summed E-state index contributed by atoms with van der Waals surface area (Å²) in [6.45, 7) is 1.57. The zero-order chi connectivity index (χ0) is 24.3. The van der Waals surface area contributed by atoms with Crippen molar-refractivity contribution in [2.24, 2.45) is 11.8 Å². The Morgan fingerprint density at radius 3 is 2.32 bits per heavy atom. The van der Waals surface area contributed by atoms with Crippen LogP contribution in [0.2, 0.25) is 0 Å². The van der Waals surface area contributed by atoms with Crippen LogP contribution in [0.3, 0.4) is 0 Å². The zero-order valence-electron chi connectivity index (χ0n) is 18.6. The lowest BCUT2D eigenvalue weighted by Gasteiger charge is -2.18. The Labute approximate surface area is 197 Å². The standard InChI is InChI=1S/C24H27F3N2O4S/c25-24(26,27)20-7-11-22(12-8-20)34(31,32)28-29-14-13-17(16-29)2-1-15-33-21-9-5-19(6-10-21)23(30)18-3-4-18/h5-12,17-18,28H,1-4,13-16H2/t17-/m1/s1. The quantitative estimate of drug-likeness (QED) is 0.382. The second-order valence-electron chi connectivity index (χ2n) is 8.87. The molecule has 2 aromatic carbocycles. The molecule has 0 amide bonds. The molecule has 1 N–H and O–H groups in total. The molecule has 0 unspecified atom stereocenters. The molecule has 2 aromatic rings. The van der Waals surface area contributed by atoms with Crippen molar-refractivity contribution in [1.82, 2.24) is 9.84 Å². The number of ketones is 1. The third-order valence-corrected chi connectivity index (χ3v) is 7.53. The van der Waals surface area contributed by atoms with Crippen LogP contribution in [0.15, 0.2) is 53.4 Å². The summed E-state index contributed by atoms with van der Waals surface area (Å²) in [4.78, 5) is 14.3. The summed E-state index contributed by atoms with van der Waals surface area (Å²) in [5, 5.41) is 1.59. The third kappa shape index (κ3) is 6.37. The number of rotatable bonds is 10. The monoisotopic (exact) mass is 496 g/mol. The molecule has 0 aromatic heterocycles. The minimum Gasteiger partial charge on any atom is -0.494 e. The molecule has 10 heteroatoms. The molecule has 1 atom stereocenters. The second-order valence-corrected chi connectivity index (χ2v) is 10.5. The van der Waals surface area contributed by atoms with Crippen LogP contribution in [-0.2, 0) is 16.2 Å². The van der Waals surface area contributed by atoms with E-state index in [0.717, 1.165) is 61.9 Å². The summed E-state index contributed by atoms with van der Waals surface area (Å²) in [6.07, 6.45) is -0.0876. The van der Waals surface area contributed by atoms with Crippen molar-refractivity contribution in [3.8, 4) is 5.75 Å². The first-order valence-electron chi connectivity index (χ1n) is 11.3. The third-order valence-electron chi connectivity index (χ3n) is 6.14. The summed E-state index contributed by atoms with van der Waals surface area (Å²) in [6, 6.07) is 10.7. The van der Waals surface area contributed by atoms with Crippen molar-refractivity contribution in [1.29, 1.82) is 0 Å². The molecule has 1 saturated carbocycles. The van der Waals surface area contributed by atoms with Crippen molar-refractivity contribution < 1.29 is 31.1 Å². The van der Waals surface area contributed by atoms with Gasteiger partial charge < -0.3 is 4.74 Å². The zero-order valence-corrected chi connectivity index (χ0v) is 19.4. The summed E-state index contributed by atoms with van der Waals surface area (Å²) in [7, 11) is -3.94. The molecular weight excluding hydrogens is 469 g/mol. The Morgan fingerprint density at radius 2 is 1.71 bits per heavy atom. The number of carbonyl (C=O) groups is 1. The van der Waals surface area contributed by atoms with Gasteiger partial charge in [0.15, 0.2) is 5.78 Å². The minimum absolute atomic E-state index is 0.192. The number of benzene rings is 2. The number of alkyl halides is 3. The maximum Gasteiger partial charge on any atom is 0.416 e. The Bertz CT molecular complexity index is 1100. The molecule has 6 nitrogen and oxygen atoms in total. The number of sulfonamides is 1. The molecule has 0 bridgehead atoms. The number of nitrogens with zero attached hydrogens (tertiary/aromatic N) is 1. The lowest BCUT2D eigenvalue weighted by atomic mass is 10.0. The predicted octanol–water partition coefficient (Wildman–Crippen LogP) is 4.67. The van der Waals surface area contributed by atoms with Crippen LogP contribution >= 0.6 is 0 Å². The van der Waals surface area contributed by atoms with Gasteiger partial charge in [0.05, 0.1) is 17.1 Å². The highest BCUT2D eigenvalue weighted by Gasteiger charge is 2.32. The van der Waals surface area contributed by atoms with Gasteiger partial charge in [0, 0.05) is 24.6 Å². The predicted molar refractivity (Wildman–Crippen MR) is 120 cm³/mol. The van der Waals surface area contributed by atoms with Crippen LogP contribution < -0.4 is 9.57 Å². The second kappa shape index (κ2) is 10.1. The van der Waals surface area contributed by atoms with Crippen LogP contribution in [-0.4, -0.2) is 38.9 Å². The number of hydrogen-bond acceptors (Lipinski definition) is 5. The normalized spacial score (nSPS) is 19.3. The molecule has 1 saturated heterocycles. The van der Waals surface area contributed by atoms with Crippen LogP contribution in [0.4, 0.5) is 13.2 Å². The van der Waals surface area contributed by atoms with E-state index in [2.05, 4.69) is 4.83 Å². The molecule has 0 spiro atoms. The highest BCUT2D eigenvalue weighted by Crippen LogP contribution is 2.33. The fourth-order valence-electron chi connectivity index (χ4n) is 4.06. The van der Waals surface area contributed by atoms with E-state index in [1.807, 2.05) is 12.1 Å². The Kier molecular flexibility index (Phi) is 7.30. The lowest BCUT2D eigenvalue weighted by molar-refractivity contribution is -0.137. The summed E-state index contributed by atoms with van der Waals surface area (Å²) in [5.41, 5.74) is -0.169. The fourth-order valence-corrected chi connectivity index (χ4v) is 5.16. The molecule has 1 heterocycles. The van der Waals surface area contributed by atoms with Gasteiger partial charge in [-0.3, -0.25) is 4.79 Å². The van der Waals surface area contributed by atoms with E-state index in [-0.39, 0.29) is 22.5 Å². The van der Waals surface area contributed by atoms with E-state index in [0.29, 0.717) is 25.4 Å². The number of nitrogens with one attached hydrogen (secondary N) is 1. The van der Waals surface area contributed by atoms with Gasteiger partial charge in [0.25, 0.3) is 10.0 Å². The van der Waals surface area contributed by atoms with Gasteiger partial charge in [-0.15, -0.1) is 4.83 Å². The van der Waals surface area contributed by atoms with Gasteiger partial charge in [0.2, 0.25) is 0 Å². The Balaban J connectivity index is 1.18. The number of ether oxygens (including phenoxy) is 1. The highest BCUT2D eigenvalue weighted by atomic mass is 32.2. The number of halogens is 3. The fraction of sp³-hybridized carbons (Fsp3) is 0.458. The SMILES string of the molecule is O=C(c1ccc(OCCC[C@@H]2CCN(NS(=O)(=O)c3ccc(C(F)(F)F)cc3)C2)cc1)C1CC1. The summed E-state index contributed by atoms with van der Waals surface area (Å²) >= 11 is 0. The first-order chi connectivity index (χ1) is 16.1. The first-order valence-corrected chi connectivity index (χ1v) is 12.8. The number of Topliss-reactive ketones (excluding diaryl/α,β-unsaturated/α-hetero) is 1. The molecule has 4 rings (SSSR count). The lowest BCUT2D eigenvalue weighted by Crippen LogP contribution is -2.40. The molecular formula is C24H27F3N2O4S. The van der Waals surface area contributed by atoms with Gasteiger partial charge in [0.1, 0.15) is 5.75 Å². The van der Waals surface area contributed by atoms with E-state index < -0.39 is 21.8 Å².